The molecule has 0 saturated heterocycles. The Bertz CT molecular complexity index is 334. The number of hydrogen-bond acceptors (Lipinski definition) is 3. The van der Waals surface area contributed by atoms with Crippen LogP contribution in [0.3, 0.4) is 0 Å². The van der Waals surface area contributed by atoms with Crippen LogP contribution in [0.4, 0.5) is 0 Å². The first-order valence-corrected chi connectivity index (χ1v) is 5.64. The van der Waals surface area contributed by atoms with Crippen LogP contribution >= 0.6 is 0 Å². The topological polar surface area (TPSA) is 72.9 Å². The lowest BCUT2D eigenvalue weighted by atomic mass is 10.0. The quantitative estimate of drug-likeness (QED) is 0.740. The van der Waals surface area contributed by atoms with E-state index in [1.165, 1.54) is 0 Å². The summed E-state index contributed by atoms with van der Waals surface area (Å²) in [5.74, 6) is 0.397. The van der Waals surface area contributed by atoms with E-state index in [1.54, 1.807) is 24.1 Å². The fraction of sp³-hybridized carbons (Fsp3) is 0.636. The molecule has 0 aliphatic carbocycles. The van der Waals surface area contributed by atoms with E-state index in [9.17, 15) is 4.79 Å². The summed E-state index contributed by atoms with van der Waals surface area (Å²) in [4.78, 5) is 11.7. The highest BCUT2D eigenvalue weighted by Gasteiger charge is 2.10. The second-order valence-electron chi connectivity index (χ2n) is 3.96. The Hall–Kier alpha value is -1.36. The third-order valence-electron chi connectivity index (χ3n) is 2.67. The number of carbonyl (C=O) groups is 1. The molecule has 0 aromatic carbocycles. The van der Waals surface area contributed by atoms with Gasteiger partial charge in [0, 0.05) is 19.8 Å². The van der Waals surface area contributed by atoms with E-state index in [0.29, 0.717) is 24.6 Å². The summed E-state index contributed by atoms with van der Waals surface area (Å²) >= 11 is 0. The molecule has 1 heterocycles. The number of carbonyl (C=O) groups excluding carboxylic acids is 1. The molecule has 3 N–H and O–H groups in total. The standard InChI is InChI=1S/C11H20N4O/c1-3-9(4-5-12)6-13-11(16)10-7-14-15(2)8-10/h7-9H,3-6,12H2,1-2H3,(H,13,16). The summed E-state index contributed by atoms with van der Waals surface area (Å²) in [5, 5.41) is 6.86. The van der Waals surface area contributed by atoms with Crippen molar-refractivity contribution < 1.29 is 4.79 Å². The fourth-order valence-electron chi connectivity index (χ4n) is 1.56. The van der Waals surface area contributed by atoms with E-state index in [4.69, 9.17) is 5.73 Å². The number of hydrogen-bond donors (Lipinski definition) is 2. The third kappa shape index (κ3) is 3.66. The van der Waals surface area contributed by atoms with Crippen LogP contribution in [0.1, 0.15) is 30.1 Å². The van der Waals surface area contributed by atoms with Gasteiger partial charge in [-0.1, -0.05) is 13.3 Å². The average molecular weight is 224 g/mol. The summed E-state index contributed by atoms with van der Waals surface area (Å²) in [6.45, 7) is 3.46. The molecule has 1 aromatic rings. The molecular weight excluding hydrogens is 204 g/mol. The zero-order valence-electron chi connectivity index (χ0n) is 9.94. The minimum absolute atomic E-state index is 0.0661. The lowest BCUT2D eigenvalue weighted by Gasteiger charge is -2.13. The Morgan fingerprint density at radius 1 is 1.69 bits per heavy atom. The predicted molar refractivity (Wildman–Crippen MR) is 63.0 cm³/mol. The Balaban J connectivity index is 2.40. The monoisotopic (exact) mass is 224 g/mol. The molecule has 0 fully saturated rings. The lowest BCUT2D eigenvalue weighted by Crippen LogP contribution is -2.29. The van der Waals surface area contributed by atoms with Gasteiger partial charge in [-0.3, -0.25) is 9.48 Å². The van der Waals surface area contributed by atoms with Crippen LogP contribution in [0.2, 0.25) is 0 Å². The molecule has 16 heavy (non-hydrogen) atoms. The molecule has 1 atom stereocenters. The highest BCUT2D eigenvalue weighted by Crippen LogP contribution is 2.05. The summed E-state index contributed by atoms with van der Waals surface area (Å²) in [6.07, 6.45) is 5.26. The smallest absolute Gasteiger partial charge is 0.254 e. The molecule has 0 saturated carbocycles. The molecule has 1 amide bonds. The number of amides is 1. The van der Waals surface area contributed by atoms with E-state index in [2.05, 4.69) is 17.3 Å². The molecule has 0 bridgehead atoms. The van der Waals surface area contributed by atoms with Gasteiger partial charge in [-0.25, -0.2) is 0 Å². The van der Waals surface area contributed by atoms with Gasteiger partial charge in [0.25, 0.3) is 5.91 Å². The minimum atomic E-state index is -0.0661. The van der Waals surface area contributed by atoms with Gasteiger partial charge in [0.15, 0.2) is 0 Å². The maximum atomic E-state index is 11.7. The average Bonchev–Trinajstić information content (AvgIpc) is 2.70. The minimum Gasteiger partial charge on any atom is -0.352 e. The maximum absolute atomic E-state index is 11.7. The van der Waals surface area contributed by atoms with Crippen LogP contribution in [-0.4, -0.2) is 28.8 Å². The molecule has 1 rings (SSSR count). The van der Waals surface area contributed by atoms with Crippen molar-refractivity contribution in [3.63, 3.8) is 0 Å². The Morgan fingerprint density at radius 2 is 2.44 bits per heavy atom. The van der Waals surface area contributed by atoms with Gasteiger partial charge in [-0.15, -0.1) is 0 Å². The second-order valence-corrected chi connectivity index (χ2v) is 3.96. The van der Waals surface area contributed by atoms with Crippen molar-refractivity contribution in [1.29, 1.82) is 0 Å². The zero-order chi connectivity index (χ0) is 12.0. The molecule has 0 aliphatic rings. The first-order chi connectivity index (χ1) is 7.67. The van der Waals surface area contributed by atoms with Crippen molar-refractivity contribution in [3.05, 3.63) is 18.0 Å². The van der Waals surface area contributed by atoms with E-state index >= 15 is 0 Å². The normalized spacial score (nSPS) is 12.4. The van der Waals surface area contributed by atoms with Crippen molar-refractivity contribution in [1.82, 2.24) is 15.1 Å². The zero-order valence-corrected chi connectivity index (χ0v) is 9.94. The summed E-state index contributed by atoms with van der Waals surface area (Å²) in [7, 11) is 1.79. The molecule has 0 radical (unpaired) electrons. The van der Waals surface area contributed by atoms with Gasteiger partial charge in [0.05, 0.1) is 11.8 Å². The first kappa shape index (κ1) is 12.7. The van der Waals surface area contributed by atoms with Gasteiger partial charge >= 0.3 is 0 Å². The third-order valence-corrected chi connectivity index (χ3v) is 2.67. The Kier molecular flexibility index (Phi) is 4.98. The van der Waals surface area contributed by atoms with Crippen LogP contribution in [0, 0.1) is 5.92 Å². The molecule has 1 unspecified atom stereocenters. The number of aryl methyl sites for hydroxylation is 1. The van der Waals surface area contributed by atoms with E-state index < -0.39 is 0 Å². The predicted octanol–water partition coefficient (Wildman–Crippen LogP) is 0.525. The van der Waals surface area contributed by atoms with Crippen LogP contribution in [0.5, 0.6) is 0 Å². The van der Waals surface area contributed by atoms with E-state index in [0.717, 1.165) is 12.8 Å². The number of nitrogens with zero attached hydrogens (tertiary/aromatic N) is 2. The van der Waals surface area contributed by atoms with Crippen molar-refractivity contribution >= 4 is 5.91 Å². The second kappa shape index (κ2) is 6.27. The molecular formula is C11H20N4O. The van der Waals surface area contributed by atoms with E-state index in [-0.39, 0.29) is 5.91 Å². The molecule has 0 aliphatic heterocycles. The summed E-state index contributed by atoms with van der Waals surface area (Å²) in [6, 6.07) is 0. The number of nitrogens with two attached hydrogens (primary N) is 1. The molecule has 5 heteroatoms. The van der Waals surface area contributed by atoms with Gasteiger partial charge in [-0.2, -0.15) is 5.10 Å². The lowest BCUT2D eigenvalue weighted by molar-refractivity contribution is 0.0946. The van der Waals surface area contributed by atoms with Gasteiger partial charge in [0.1, 0.15) is 0 Å². The van der Waals surface area contributed by atoms with Crippen LogP contribution in [0.25, 0.3) is 0 Å². The van der Waals surface area contributed by atoms with Crippen molar-refractivity contribution in [2.45, 2.75) is 19.8 Å². The Labute approximate surface area is 96.0 Å². The Morgan fingerprint density at radius 3 is 2.94 bits per heavy atom. The number of rotatable bonds is 6. The molecule has 5 nitrogen and oxygen atoms in total. The highest BCUT2D eigenvalue weighted by molar-refractivity contribution is 5.93. The van der Waals surface area contributed by atoms with Crippen molar-refractivity contribution in [3.8, 4) is 0 Å². The van der Waals surface area contributed by atoms with Crippen molar-refractivity contribution in [2.75, 3.05) is 13.1 Å². The molecule has 1 aromatic heterocycles. The fourth-order valence-corrected chi connectivity index (χ4v) is 1.56. The van der Waals surface area contributed by atoms with Crippen LogP contribution in [0.15, 0.2) is 12.4 Å². The van der Waals surface area contributed by atoms with Gasteiger partial charge in [0.2, 0.25) is 0 Å². The number of nitrogens with one attached hydrogen (secondary N) is 1. The summed E-state index contributed by atoms with van der Waals surface area (Å²) in [5.41, 5.74) is 6.10. The van der Waals surface area contributed by atoms with Gasteiger partial charge < -0.3 is 11.1 Å². The summed E-state index contributed by atoms with van der Waals surface area (Å²) < 4.78 is 1.62. The SMILES string of the molecule is CCC(CCN)CNC(=O)c1cnn(C)c1. The first-order valence-electron chi connectivity index (χ1n) is 5.64. The highest BCUT2D eigenvalue weighted by atomic mass is 16.1. The van der Waals surface area contributed by atoms with Crippen LogP contribution < -0.4 is 11.1 Å². The largest absolute Gasteiger partial charge is 0.352 e. The maximum Gasteiger partial charge on any atom is 0.254 e. The van der Waals surface area contributed by atoms with Crippen molar-refractivity contribution in [2.24, 2.45) is 18.7 Å². The van der Waals surface area contributed by atoms with Crippen LogP contribution in [-0.2, 0) is 7.05 Å². The van der Waals surface area contributed by atoms with E-state index in [1.807, 2.05) is 0 Å². The molecule has 0 spiro atoms. The molecule has 90 valence electrons. The number of aromatic nitrogens is 2. The van der Waals surface area contributed by atoms with Gasteiger partial charge in [-0.05, 0) is 18.9 Å².